The topological polar surface area (TPSA) is 20.9 Å². The number of rotatable bonds is 4. The maximum absolute atomic E-state index is 12.2. The van der Waals surface area contributed by atoms with Gasteiger partial charge in [0.15, 0.2) is 11.9 Å². The molecule has 2 aromatic rings. The molecule has 101 valence electrons. The number of hydrogen-bond donors (Lipinski definition) is 0. The van der Waals surface area contributed by atoms with Crippen LogP contribution in [0.1, 0.15) is 22.4 Å². The van der Waals surface area contributed by atoms with Crippen LogP contribution in [0.2, 0.25) is 0 Å². The van der Waals surface area contributed by atoms with Gasteiger partial charge in [0.2, 0.25) is 12.3 Å². The van der Waals surface area contributed by atoms with E-state index < -0.39 is 0 Å². The molecule has 0 N–H and O–H groups in total. The molecule has 3 heteroatoms. The number of Topliss-reactive ketones (excluding diaryl/α,β-unsaturated/α-hetero) is 1. The Morgan fingerprint density at radius 3 is 2.25 bits per heavy atom. The van der Waals surface area contributed by atoms with Gasteiger partial charge in [-0.05, 0) is 30.5 Å². The van der Waals surface area contributed by atoms with E-state index in [1.165, 1.54) is 16.7 Å². The first-order valence-corrected chi connectivity index (χ1v) is 6.60. The van der Waals surface area contributed by atoms with Gasteiger partial charge in [0, 0.05) is 58.2 Å². The molecule has 20 heavy (non-hydrogen) atoms. The molecule has 0 spiro atoms. The largest absolute Gasteiger partial charge is 0.292 e. The van der Waals surface area contributed by atoms with E-state index in [-0.39, 0.29) is 38.5 Å². The second kappa shape index (κ2) is 7.80. The molecule has 2 nitrogen and oxygen atoms in total. The van der Waals surface area contributed by atoms with Crippen molar-refractivity contribution in [3.63, 3.8) is 0 Å². The summed E-state index contributed by atoms with van der Waals surface area (Å²) in [5, 5.41) is 0. The van der Waals surface area contributed by atoms with Crippen LogP contribution in [0.4, 0.5) is 0 Å². The zero-order chi connectivity index (χ0) is 13.8. The van der Waals surface area contributed by atoms with Crippen LogP contribution in [0.5, 0.6) is 0 Å². The van der Waals surface area contributed by atoms with E-state index >= 15 is 0 Å². The first-order valence-electron chi connectivity index (χ1n) is 6.60. The zero-order valence-electron chi connectivity index (χ0n) is 12.4. The molecular weight excluding hydrogens is 323 g/mol. The van der Waals surface area contributed by atoms with Crippen LogP contribution in [-0.4, -0.2) is 5.78 Å². The van der Waals surface area contributed by atoms with Crippen molar-refractivity contribution in [3.05, 3.63) is 65.0 Å². The van der Waals surface area contributed by atoms with Crippen molar-refractivity contribution in [2.24, 2.45) is 0 Å². The first-order chi connectivity index (χ1) is 9.08. The Morgan fingerprint density at radius 2 is 1.65 bits per heavy atom. The minimum Gasteiger partial charge on any atom is -0.292 e. The van der Waals surface area contributed by atoms with Crippen molar-refractivity contribution >= 4 is 5.78 Å². The van der Waals surface area contributed by atoms with Crippen LogP contribution in [0, 0.1) is 20.8 Å². The number of aromatic nitrogens is 1. The van der Waals surface area contributed by atoms with E-state index in [0.717, 1.165) is 5.69 Å². The number of carbonyl (C=O) groups excluding carboxylic acids is 1. The Kier molecular flexibility index (Phi) is 6.71. The van der Waals surface area contributed by atoms with Gasteiger partial charge in [-0.3, -0.25) is 4.79 Å². The Hall–Kier alpha value is -0.856. The Balaban J connectivity index is 0.00000200. The van der Waals surface area contributed by atoms with Crippen molar-refractivity contribution in [1.82, 2.24) is 0 Å². The van der Waals surface area contributed by atoms with Gasteiger partial charge in [0.1, 0.15) is 0 Å². The molecule has 0 fully saturated rings. The van der Waals surface area contributed by atoms with E-state index in [9.17, 15) is 4.79 Å². The number of ketones is 1. The molecule has 0 unspecified atom stereocenters. The average molecular weight is 343 g/mol. The molecule has 0 atom stereocenters. The number of hydrogen-bond acceptors (Lipinski definition) is 1. The van der Waals surface area contributed by atoms with Crippen LogP contribution in [0.3, 0.4) is 0 Å². The average Bonchev–Trinajstić information content (AvgIpc) is 2.37. The van der Waals surface area contributed by atoms with Crippen molar-refractivity contribution in [3.8, 4) is 0 Å². The number of pyridine rings is 1. The summed E-state index contributed by atoms with van der Waals surface area (Å²) < 4.78 is 2.00. The smallest absolute Gasteiger partial charge is 0.207 e. The van der Waals surface area contributed by atoms with Gasteiger partial charge in [0.05, 0.1) is 0 Å². The van der Waals surface area contributed by atoms with Gasteiger partial charge in [-0.25, -0.2) is 0 Å². The zero-order valence-corrected chi connectivity index (χ0v) is 15.2. The summed E-state index contributed by atoms with van der Waals surface area (Å²) in [4.78, 5) is 12.2. The molecule has 0 saturated heterocycles. The molecule has 1 radical (unpaired) electrons. The predicted molar refractivity (Wildman–Crippen MR) is 76.0 cm³/mol. The molecule has 0 aliphatic rings. The fourth-order valence-electron chi connectivity index (χ4n) is 2.31. The Bertz CT molecular complexity index is 587. The van der Waals surface area contributed by atoms with Gasteiger partial charge < -0.3 is 0 Å². The van der Waals surface area contributed by atoms with Crippen molar-refractivity contribution in [2.45, 2.75) is 33.7 Å². The summed E-state index contributed by atoms with van der Waals surface area (Å²) in [7, 11) is 0. The molecule has 0 aliphatic carbocycles. The number of benzene rings is 1. The molecule has 1 aromatic heterocycles. The number of carbonyl (C=O) groups is 1. The maximum Gasteiger partial charge on any atom is 0.207 e. The standard InChI is InChI=1S/C17H20NO.Y/c1-13-7-6-8-14(2)17(13)11-16(19)12-18-10-5-4-9-15(18)3;/h4-10H,11-12H2,1-3H3;/q+1;. The van der Waals surface area contributed by atoms with Crippen LogP contribution in [-0.2, 0) is 50.5 Å². The molecule has 1 heterocycles. The first kappa shape index (κ1) is 17.2. The third-order valence-electron chi connectivity index (χ3n) is 3.53. The van der Waals surface area contributed by atoms with Gasteiger partial charge in [-0.15, -0.1) is 0 Å². The predicted octanol–water partition coefficient (Wildman–Crippen LogP) is 2.71. The van der Waals surface area contributed by atoms with Gasteiger partial charge in [0.25, 0.3) is 0 Å². The summed E-state index contributed by atoms with van der Waals surface area (Å²) in [6, 6.07) is 12.1. The molecule has 0 amide bonds. The summed E-state index contributed by atoms with van der Waals surface area (Å²) in [6.45, 7) is 6.60. The molecule has 0 saturated carbocycles. The quantitative estimate of drug-likeness (QED) is 0.782. The minimum atomic E-state index is 0. The van der Waals surface area contributed by atoms with Gasteiger partial charge in [-0.1, -0.05) is 24.3 Å². The third kappa shape index (κ3) is 4.32. The molecule has 0 aliphatic heterocycles. The van der Waals surface area contributed by atoms with Crippen LogP contribution < -0.4 is 4.57 Å². The fourth-order valence-corrected chi connectivity index (χ4v) is 2.31. The van der Waals surface area contributed by atoms with Crippen molar-refractivity contribution < 1.29 is 42.1 Å². The van der Waals surface area contributed by atoms with Crippen LogP contribution in [0.15, 0.2) is 42.6 Å². The number of aryl methyl sites for hydroxylation is 3. The summed E-state index contributed by atoms with van der Waals surface area (Å²) in [5.74, 6) is 0.247. The molecular formula is C17H20NOY+. The molecule has 2 rings (SSSR count). The van der Waals surface area contributed by atoms with Gasteiger partial charge in [-0.2, -0.15) is 4.57 Å². The van der Waals surface area contributed by atoms with E-state index in [1.807, 2.05) is 42.0 Å². The van der Waals surface area contributed by atoms with Gasteiger partial charge >= 0.3 is 0 Å². The SMILES string of the molecule is Cc1cccc(C)c1CC(=O)C[n+]1ccccc1C.[Y]. The normalized spacial score (nSPS) is 9.95. The fraction of sp³-hybridized carbons (Fsp3) is 0.294. The number of nitrogens with zero attached hydrogens (tertiary/aromatic N) is 1. The van der Waals surface area contributed by atoms with Crippen molar-refractivity contribution in [2.75, 3.05) is 0 Å². The Morgan fingerprint density at radius 1 is 1.00 bits per heavy atom. The van der Waals surface area contributed by atoms with E-state index in [4.69, 9.17) is 0 Å². The summed E-state index contributed by atoms with van der Waals surface area (Å²) in [6.07, 6.45) is 2.47. The maximum atomic E-state index is 12.2. The summed E-state index contributed by atoms with van der Waals surface area (Å²) >= 11 is 0. The monoisotopic (exact) mass is 343 g/mol. The van der Waals surface area contributed by atoms with Crippen LogP contribution >= 0.6 is 0 Å². The molecule has 0 bridgehead atoms. The summed E-state index contributed by atoms with van der Waals surface area (Å²) in [5.41, 5.74) is 4.67. The minimum absolute atomic E-state index is 0. The second-order valence-electron chi connectivity index (χ2n) is 5.06. The third-order valence-corrected chi connectivity index (χ3v) is 3.53. The van der Waals surface area contributed by atoms with E-state index in [0.29, 0.717) is 13.0 Å². The van der Waals surface area contributed by atoms with Crippen molar-refractivity contribution in [1.29, 1.82) is 0 Å². The van der Waals surface area contributed by atoms with E-state index in [1.54, 1.807) is 0 Å². The Labute approximate surface area is 146 Å². The molecule has 1 aromatic carbocycles. The van der Waals surface area contributed by atoms with Crippen LogP contribution in [0.25, 0.3) is 0 Å². The van der Waals surface area contributed by atoms with E-state index in [2.05, 4.69) is 26.0 Å². The second-order valence-corrected chi connectivity index (χ2v) is 5.06.